The van der Waals surface area contributed by atoms with Gasteiger partial charge in [-0.1, -0.05) is 15.9 Å². The third-order valence-electron chi connectivity index (χ3n) is 1.84. The van der Waals surface area contributed by atoms with Crippen molar-refractivity contribution < 1.29 is 20.1 Å². The molecular weight excluding hydrogens is 230 g/mol. The van der Waals surface area contributed by atoms with Crippen LogP contribution in [0.15, 0.2) is 0 Å². The molecule has 1 heterocycles. The van der Waals surface area contributed by atoms with Crippen molar-refractivity contribution in [3.05, 3.63) is 0 Å². The van der Waals surface area contributed by atoms with Crippen LogP contribution in [0.4, 0.5) is 4.79 Å². The Morgan fingerprint density at radius 1 is 1.42 bits per heavy atom. The van der Waals surface area contributed by atoms with Gasteiger partial charge in [0.15, 0.2) is 0 Å². The van der Waals surface area contributed by atoms with E-state index in [1.165, 1.54) is 0 Å². The summed E-state index contributed by atoms with van der Waals surface area (Å²) in [6, 6.07) is 0. The second-order valence-electron chi connectivity index (χ2n) is 2.76. The first-order valence-electron chi connectivity index (χ1n) is 3.50. The number of halogens is 1. The molecule has 0 bridgehead atoms. The van der Waals surface area contributed by atoms with Gasteiger partial charge in [0.1, 0.15) is 0 Å². The van der Waals surface area contributed by atoms with Crippen LogP contribution in [0.3, 0.4) is 0 Å². The molecule has 6 heteroatoms. The van der Waals surface area contributed by atoms with Gasteiger partial charge in [0.2, 0.25) is 0 Å². The van der Waals surface area contributed by atoms with Gasteiger partial charge < -0.3 is 20.2 Å². The summed E-state index contributed by atoms with van der Waals surface area (Å²) in [6.07, 6.45) is -2.97. The van der Waals surface area contributed by atoms with Gasteiger partial charge in [-0.3, -0.25) is 0 Å². The van der Waals surface area contributed by atoms with Crippen LogP contribution >= 0.6 is 15.9 Å². The van der Waals surface area contributed by atoms with Gasteiger partial charge in [-0.15, -0.1) is 0 Å². The van der Waals surface area contributed by atoms with Crippen LogP contribution in [-0.4, -0.2) is 56.4 Å². The number of rotatable bonds is 0. The van der Waals surface area contributed by atoms with Gasteiger partial charge in [0, 0.05) is 6.54 Å². The van der Waals surface area contributed by atoms with Gasteiger partial charge in [0.25, 0.3) is 0 Å². The monoisotopic (exact) mass is 239 g/mol. The Kier molecular flexibility index (Phi) is 2.92. The summed E-state index contributed by atoms with van der Waals surface area (Å²) in [5.41, 5.74) is 0. The fourth-order valence-electron chi connectivity index (χ4n) is 1.12. The smallest absolute Gasteiger partial charge is 0.407 e. The van der Waals surface area contributed by atoms with E-state index in [0.717, 1.165) is 4.90 Å². The second kappa shape index (κ2) is 3.59. The molecule has 3 N–H and O–H groups in total. The molecule has 0 aliphatic carbocycles. The largest absolute Gasteiger partial charge is 0.465 e. The molecule has 1 fully saturated rings. The highest BCUT2D eigenvalue weighted by molar-refractivity contribution is 9.09. The molecule has 0 spiro atoms. The van der Waals surface area contributed by atoms with E-state index in [0.29, 0.717) is 0 Å². The van der Waals surface area contributed by atoms with E-state index in [1.54, 1.807) is 0 Å². The number of likely N-dealkylation sites (tertiary alicyclic amines) is 1. The highest BCUT2D eigenvalue weighted by Crippen LogP contribution is 2.18. The molecule has 1 rings (SSSR count). The van der Waals surface area contributed by atoms with Crippen molar-refractivity contribution in [2.45, 2.75) is 17.0 Å². The van der Waals surface area contributed by atoms with Crippen molar-refractivity contribution in [1.29, 1.82) is 0 Å². The maximum atomic E-state index is 10.5. The molecule has 1 aliphatic heterocycles. The molecule has 0 saturated carbocycles. The Morgan fingerprint density at radius 3 is 2.42 bits per heavy atom. The maximum Gasteiger partial charge on any atom is 0.407 e. The van der Waals surface area contributed by atoms with Gasteiger partial charge in [0.05, 0.1) is 23.6 Å². The summed E-state index contributed by atoms with van der Waals surface area (Å²) in [5, 5.41) is 27.0. The molecule has 0 aromatic carbocycles. The summed E-state index contributed by atoms with van der Waals surface area (Å²) in [6.45, 7) is 0.173. The number of β-amino-alcohol motifs (C(OH)–C–C–N with tert-alkyl or cyclic N) is 1. The molecule has 5 nitrogen and oxygen atoms in total. The van der Waals surface area contributed by atoms with Crippen molar-refractivity contribution in [3.8, 4) is 0 Å². The third kappa shape index (κ3) is 1.88. The Hall–Kier alpha value is -0.330. The number of hydrogen-bond donors (Lipinski definition) is 3. The van der Waals surface area contributed by atoms with E-state index in [4.69, 9.17) is 5.11 Å². The zero-order valence-corrected chi connectivity index (χ0v) is 7.81. The average molecular weight is 240 g/mol. The summed E-state index contributed by atoms with van der Waals surface area (Å²) in [7, 11) is 0. The van der Waals surface area contributed by atoms with Crippen molar-refractivity contribution in [1.82, 2.24) is 4.90 Å². The first-order chi connectivity index (χ1) is 5.52. The van der Waals surface area contributed by atoms with E-state index in [9.17, 15) is 15.0 Å². The number of amides is 1. The minimum Gasteiger partial charge on any atom is -0.465 e. The second-order valence-corrected chi connectivity index (χ2v) is 3.94. The van der Waals surface area contributed by atoms with Crippen molar-refractivity contribution in [3.63, 3.8) is 0 Å². The Morgan fingerprint density at radius 2 is 2.00 bits per heavy atom. The number of aliphatic hydroxyl groups is 2. The lowest BCUT2D eigenvalue weighted by Crippen LogP contribution is -2.54. The fraction of sp³-hybridized carbons (Fsp3) is 0.833. The number of carbonyl (C=O) groups is 1. The van der Waals surface area contributed by atoms with E-state index in [-0.39, 0.29) is 13.1 Å². The highest BCUT2D eigenvalue weighted by Gasteiger charge is 2.34. The molecular formula is C6H10BrNO4. The fourth-order valence-corrected chi connectivity index (χ4v) is 1.83. The van der Waals surface area contributed by atoms with E-state index >= 15 is 0 Å². The third-order valence-corrected chi connectivity index (χ3v) is 2.67. The summed E-state index contributed by atoms with van der Waals surface area (Å²) in [4.78, 5) is 11.1. The van der Waals surface area contributed by atoms with Crippen LogP contribution in [0.25, 0.3) is 0 Å². The summed E-state index contributed by atoms with van der Waals surface area (Å²) < 4.78 is 0. The molecule has 12 heavy (non-hydrogen) atoms. The zero-order valence-electron chi connectivity index (χ0n) is 6.22. The lowest BCUT2D eigenvalue weighted by molar-refractivity contribution is -0.0273. The minimum atomic E-state index is -1.08. The Balaban J connectivity index is 2.59. The summed E-state index contributed by atoms with van der Waals surface area (Å²) in [5.74, 6) is 0. The minimum absolute atomic E-state index is 0.0292. The molecule has 0 radical (unpaired) electrons. The molecule has 1 amide bonds. The van der Waals surface area contributed by atoms with Crippen LogP contribution in [-0.2, 0) is 0 Å². The van der Waals surface area contributed by atoms with E-state index in [1.807, 2.05) is 0 Å². The van der Waals surface area contributed by atoms with E-state index < -0.39 is 23.1 Å². The number of piperidine rings is 1. The highest BCUT2D eigenvalue weighted by atomic mass is 79.9. The summed E-state index contributed by atoms with van der Waals surface area (Å²) >= 11 is 3.09. The predicted octanol–water partition coefficient (Wildman–Crippen LogP) is -0.535. The number of aliphatic hydroxyl groups excluding tert-OH is 2. The van der Waals surface area contributed by atoms with E-state index in [2.05, 4.69) is 15.9 Å². The van der Waals surface area contributed by atoms with Crippen molar-refractivity contribution in [2.24, 2.45) is 0 Å². The zero-order chi connectivity index (χ0) is 9.30. The topological polar surface area (TPSA) is 81.0 Å². The molecule has 70 valence electrons. The molecule has 0 aromatic rings. The quantitative estimate of drug-likeness (QED) is 0.497. The molecule has 1 aliphatic rings. The van der Waals surface area contributed by atoms with Gasteiger partial charge >= 0.3 is 6.09 Å². The van der Waals surface area contributed by atoms with Crippen LogP contribution in [0.2, 0.25) is 0 Å². The van der Waals surface area contributed by atoms with Crippen LogP contribution in [0.5, 0.6) is 0 Å². The van der Waals surface area contributed by atoms with Gasteiger partial charge in [-0.2, -0.15) is 0 Å². The standard InChI is InChI=1S/C6H10BrNO4/c7-3-1-8(6(11)12)2-4(9)5(3)10/h3-5,9-10H,1-2H2,(H,11,12)/t3?,4-,5+/m0/s1. The average Bonchev–Trinajstić information content (AvgIpc) is 1.99. The lowest BCUT2D eigenvalue weighted by atomic mass is 10.1. The van der Waals surface area contributed by atoms with Crippen molar-refractivity contribution in [2.75, 3.05) is 13.1 Å². The first-order valence-corrected chi connectivity index (χ1v) is 4.42. The van der Waals surface area contributed by atoms with Crippen LogP contribution in [0.1, 0.15) is 0 Å². The van der Waals surface area contributed by atoms with Crippen LogP contribution in [0, 0.1) is 0 Å². The molecule has 3 atom stereocenters. The number of nitrogens with zero attached hydrogens (tertiary/aromatic N) is 1. The molecule has 0 aromatic heterocycles. The Bertz CT molecular complexity index is 176. The Labute approximate surface area is 77.7 Å². The number of alkyl halides is 1. The maximum absolute atomic E-state index is 10.5. The molecule has 1 saturated heterocycles. The first kappa shape index (κ1) is 9.76. The normalized spacial score (nSPS) is 36.6. The number of hydrogen-bond acceptors (Lipinski definition) is 3. The predicted molar refractivity (Wildman–Crippen MR) is 44.3 cm³/mol. The number of carboxylic acid groups (broad SMARTS) is 1. The van der Waals surface area contributed by atoms with Gasteiger partial charge in [-0.25, -0.2) is 4.79 Å². The SMILES string of the molecule is O=C(O)N1CC(Br)[C@@H](O)[C@@H](O)C1. The van der Waals surface area contributed by atoms with Crippen molar-refractivity contribution >= 4 is 22.0 Å². The van der Waals surface area contributed by atoms with Crippen LogP contribution < -0.4 is 0 Å². The van der Waals surface area contributed by atoms with Gasteiger partial charge in [-0.05, 0) is 0 Å². The molecule has 1 unspecified atom stereocenters. The lowest BCUT2D eigenvalue weighted by Gasteiger charge is -2.35.